The largest absolute Gasteiger partial charge is 0.494 e. The number of nitrogens with zero attached hydrogens (tertiary/aromatic N) is 2. The SMILES string of the molecule is COc1cccc2c(C3CCN(C(=O)OC(C)(C)C)CC3)[nH]nc12. The smallest absolute Gasteiger partial charge is 0.410 e. The molecule has 0 aliphatic carbocycles. The van der Waals surface area contributed by atoms with Crippen LogP contribution < -0.4 is 4.74 Å². The van der Waals surface area contributed by atoms with E-state index in [9.17, 15) is 4.79 Å². The highest BCUT2D eigenvalue weighted by atomic mass is 16.6. The number of aromatic amines is 1. The lowest BCUT2D eigenvalue weighted by atomic mass is 9.92. The van der Waals surface area contributed by atoms with Crippen LogP contribution in [-0.2, 0) is 4.74 Å². The summed E-state index contributed by atoms with van der Waals surface area (Å²) < 4.78 is 10.8. The maximum Gasteiger partial charge on any atom is 0.410 e. The van der Waals surface area contributed by atoms with Gasteiger partial charge in [-0.15, -0.1) is 0 Å². The van der Waals surface area contributed by atoms with Crippen molar-refractivity contribution in [3.63, 3.8) is 0 Å². The number of ether oxygens (including phenoxy) is 2. The minimum Gasteiger partial charge on any atom is -0.494 e. The molecule has 6 heteroatoms. The second-order valence-corrected chi connectivity index (χ2v) is 7.24. The number of carbonyl (C=O) groups is 1. The molecule has 0 spiro atoms. The number of hydrogen-bond acceptors (Lipinski definition) is 4. The molecule has 1 N–H and O–H groups in total. The van der Waals surface area contributed by atoms with Crippen LogP contribution in [0, 0.1) is 0 Å². The maximum absolute atomic E-state index is 12.2. The highest BCUT2D eigenvalue weighted by molar-refractivity contribution is 5.87. The number of rotatable bonds is 2. The topological polar surface area (TPSA) is 67.4 Å². The Labute approximate surface area is 142 Å². The molecule has 130 valence electrons. The standard InChI is InChI=1S/C18H25N3O3/c1-18(2,3)24-17(22)21-10-8-12(9-11-21)15-13-6-5-7-14(23-4)16(13)20-19-15/h5-7,12H,8-11H2,1-4H3,(H,19,20). The average Bonchev–Trinajstić information content (AvgIpc) is 2.97. The lowest BCUT2D eigenvalue weighted by Crippen LogP contribution is -2.41. The fourth-order valence-electron chi connectivity index (χ4n) is 3.18. The Morgan fingerprint density at radius 3 is 2.62 bits per heavy atom. The van der Waals surface area contributed by atoms with Crippen LogP contribution in [0.1, 0.15) is 45.2 Å². The van der Waals surface area contributed by atoms with Gasteiger partial charge in [-0.3, -0.25) is 5.10 Å². The third-order valence-corrected chi connectivity index (χ3v) is 4.35. The van der Waals surface area contributed by atoms with E-state index in [0.717, 1.165) is 35.2 Å². The number of likely N-dealkylation sites (tertiary alicyclic amines) is 1. The van der Waals surface area contributed by atoms with E-state index >= 15 is 0 Å². The van der Waals surface area contributed by atoms with Crippen LogP contribution in [0.25, 0.3) is 10.9 Å². The van der Waals surface area contributed by atoms with Crippen LogP contribution in [-0.4, -0.2) is 47.0 Å². The third-order valence-electron chi connectivity index (χ3n) is 4.35. The van der Waals surface area contributed by atoms with Crippen LogP contribution in [0.15, 0.2) is 18.2 Å². The van der Waals surface area contributed by atoms with E-state index in [4.69, 9.17) is 9.47 Å². The van der Waals surface area contributed by atoms with Gasteiger partial charge in [0.15, 0.2) is 0 Å². The van der Waals surface area contributed by atoms with Gasteiger partial charge in [-0.25, -0.2) is 4.79 Å². The van der Waals surface area contributed by atoms with Crippen LogP contribution in [0.5, 0.6) is 5.75 Å². The maximum atomic E-state index is 12.2. The molecule has 1 saturated heterocycles. The lowest BCUT2D eigenvalue weighted by Gasteiger charge is -2.33. The van der Waals surface area contributed by atoms with E-state index in [1.165, 1.54) is 0 Å². The molecule has 1 aromatic heterocycles. The van der Waals surface area contributed by atoms with Gasteiger partial charge in [0.05, 0.1) is 7.11 Å². The zero-order chi connectivity index (χ0) is 17.3. The molecule has 1 fully saturated rings. The average molecular weight is 331 g/mol. The van der Waals surface area contributed by atoms with Crippen molar-refractivity contribution in [2.24, 2.45) is 0 Å². The summed E-state index contributed by atoms with van der Waals surface area (Å²) in [6.07, 6.45) is 1.57. The summed E-state index contributed by atoms with van der Waals surface area (Å²) >= 11 is 0. The Morgan fingerprint density at radius 1 is 1.29 bits per heavy atom. The summed E-state index contributed by atoms with van der Waals surface area (Å²) in [5.74, 6) is 1.14. The Hall–Kier alpha value is -2.24. The summed E-state index contributed by atoms with van der Waals surface area (Å²) in [4.78, 5) is 14.0. The quantitative estimate of drug-likeness (QED) is 0.911. The zero-order valence-electron chi connectivity index (χ0n) is 14.8. The molecule has 1 aliphatic rings. The summed E-state index contributed by atoms with van der Waals surface area (Å²) in [6, 6.07) is 5.96. The van der Waals surface area contributed by atoms with Crippen molar-refractivity contribution in [2.45, 2.75) is 45.1 Å². The summed E-state index contributed by atoms with van der Waals surface area (Å²) in [5, 5.41) is 8.69. The van der Waals surface area contributed by atoms with E-state index < -0.39 is 5.60 Å². The molecule has 2 heterocycles. The molecule has 6 nitrogen and oxygen atoms in total. The molecular weight excluding hydrogens is 306 g/mol. The van der Waals surface area contributed by atoms with Gasteiger partial charge in [-0.2, -0.15) is 5.10 Å². The van der Waals surface area contributed by atoms with Gasteiger partial charge in [0.1, 0.15) is 16.9 Å². The minimum absolute atomic E-state index is 0.225. The predicted molar refractivity (Wildman–Crippen MR) is 92.4 cm³/mol. The predicted octanol–water partition coefficient (Wildman–Crippen LogP) is 3.69. The van der Waals surface area contributed by atoms with Gasteiger partial charge in [0.2, 0.25) is 0 Å². The number of hydrogen-bond donors (Lipinski definition) is 1. The summed E-state index contributed by atoms with van der Waals surface area (Å²) in [6.45, 7) is 7.07. The van der Waals surface area contributed by atoms with Crippen molar-refractivity contribution < 1.29 is 14.3 Å². The molecule has 0 atom stereocenters. The Bertz CT molecular complexity index is 725. The van der Waals surface area contributed by atoms with Gasteiger partial charge < -0.3 is 14.4 Å². The normalized spacial score (nSPS) is 16.4. The molecular formula is C18H25N3O3. The molecule has 1 amide bonds. The highest BCUT2D eigenvalue weighted by Gasteiger charge is 2.29. The zero-order valence-corrected chi connectivity index (χ0v) is 14.8. The monoisotopic (exact) mass is 331 g/mol. The Kier molecular flexibility index (Phi) is 4.39. The number of carbonyl (C=O) groups excluding carboxylic acids is 1. The number of H-pyrrole nitrogens is 1. The molecule has 0 unspecified atom stereocenters. The van der Waals surface area contributed by atoms with Gasteiger partial charge in [0, 0.05) is 30.1 Å². The molecule has 1 aromatic carbocycles. The van der Waals surface area contributed by atoms with Crippen molar-refractivity contribution in [1.82, 2.24) is 15.1 Å². The molecule has 1 aliphatic heterocycles. The third kappa shape index (κ3) is 3.32. The van der Waals surface area contributed by atoms with E-state index in [2.05, 4.69) is 16.3 Å². The van der Waals surface area contributed by atoms with Crippen molar-refractivity contribution >= 4 is 17.0 Å². The van der Waals surface area contributed by atoms with Gasteiger partial charge >= 0.3 is 6.09 Å². The number of methoxy groups -OCH3 is 1. The van der Waals surface area contributed by atoms with E-state index in [-0.39, 0.29) is 6.09 Å². The number of nitrogens with one attached hydrogen (secondary N) is 1. The van der Waals surface area contributed by atoms with Crippen molar-refractivity contribution in [3.8, 4) is 5.75 Å². The number of amides is 1. The number of fused-ring (bicyclic) bond motifs is 1. The molecule has 3 rings (SSSR count). The fourth-order valence-corrected chi connectivity index (χ4v) is 3.18. The number of piperidine rings is 1. The minimum atomic E-state index is -0.454. The van der Waals surface area contributed by atoms with E-state index in [1.807, 2.05) is 32.9 Å². The summed E-state index contributed by atoms with van der Waals surface area (Å²) in [5.41, 5.74) is 1.54. The number of para-hydroxylation sites is 1. The molecule has 24 heavy (non-hydrogen) atoms. The van der Waals surface area contributed by atoms with Crippen molar-refractivity contribution in [3.05, 3.63) is 23.9 Å². The van der Waals surface area contributed by atoms with Crippen LogP contribution in [0.4, 0.5) is 4.79 Å². The molecule has 0 bridgehead atoms. The van der Waals surface area contributed by atoms with Gasteiger partial charge in [-0.05, 0) is 39.7 Å². The Balaban J connectivity index is 1.70. The second-order valence-electron chi connectivity index (χ2n) is 7.24. The van der Waals surface area contributed by atoms with E-state index in [1.54, 1.807) is 12.0 Å². The number of benzene rings is 1. The van der Waals surface area contributed by atoms with Gasteiger partial charge in [-0.1, -0.05) is 12.1 Å². The first-order valence-electron chi connectivity index (χ1n) is 8.38. The number of aromatic nitrogens is 2. The van der Waals surface area contributed by atoms with Crippen LogP contribution in [0.2, 0.25) is 0 Å². The van der Waals surface area contributed by atoms with Crippen molar-refractivity contribution in [1.29, 1.82) is 0 Å². The first kappa shape index (κ1) is 16.6. The molecule has 0 saturated carbocycles. The van der Waals surface area contributed by atoms with E-state index in [0.29, 0.717) is 19.0 Å². The first-order chi connectivity index (χ1) is 11.4. The Morgan fingerprint density at radius 2 is 2.00 bits per heavy atom. The highest BCUT2D eigenvalue weighted by Crippen LogP contribution is 2.34. The lowest BCUT2D eigenvalue weighted by molar-refractivity contribution is 0.0204. The summed E-state index contributed by atoms with van der Waals surface area (Å²) in [7, 11) is 1.66. The fraction of sp³-hybridized carbons (Fsp3) is 0.556. The van der Waals surface area contributed by atoms with Gasteiger partial charge in [0.25, 0.3) is 0 Å². The second kappa shape index (κ2) is 6.34. The van der Waals surface area contributed by atoms with Crippen LogP contribution in [0.3, 0.4) is 0 Å². The van der Waals surface area contributed by atoms with Crippen molar-refractivity contribution in [2.75, 3.05) is 20.2 Å². The molecule has 0 radical (unpaired) electrons. The molecule has 2 aromatic rings. The first-order valence-corrected chi connectivity index (χ1v) is 8.38. The van der Waals surface area contributed by atoms with Crippen LogP contribution >= 0.6 is 0 Å².